The average Bonchev–Trinajstić information content (AvgIpc) is 3.14. The number of anilines is 1. The summed E-state index contributed by atoms with van der Waals surface area (Å²) in [6, 6.07) is 20.8. The Bertz CT molecular complexity index is 974. The largest absolute Gasteiger partial charge is 0.378 e. The second-order valence-electron chi connectivity index (χ2n) is 7.47. The predicted octanol–water partition coefficient (Wildman–Crippen LogP) is 5.38. The summed E-state index contributed by atoms with van der Waals surface area (Å²) in [6.45, 7) is 4.81. The maximum atomic E-state index is 6.30. The molecule has 0 amide bonds. The second-order valence-corrected chi connectivity index (χ2v) is 7.47. The van der Waals surface area contributed by atoms with E-state index in [2.05, 4.69) is 67.7 Å². The molecule has 0 bridgehead atoms. The number of imidazole rings is 1. The van der Waals surface area contributed by atoms with Crippen molar-refractivity contribution in [3.63, 3.8) is 0 Å². The van der Waals surface area contributed by atoms with E-state index < -0.39 is 0 Å². The standard InChI is InChI=1S/C26H31N3O/c1-4-23(16-15-20(2)30-3)24(17-21-11-7-5-8-12-21)25-19-29(26(27)28-25)18-22-13-9-6-10-14-22/h4-16,19-20,24H,17-18H2,1-3H3,(H2,27,28)/b16-15-,23-4+. The Kier molecular flexibility index (Phi) is 7.63. The van der Waals surface area contributed by atoms with Gasteiger partial charge in [0, 0.05) is 19.2 Å². The Morgan fingerprint density at radius 3 is 2.30 bits per heavy atom. The van der Waals surface area contributed by atoms with Gasteiger partial charge in [0.05, 0.1) is 18.3 Å². The lowest BCUT2D eigenvalue weighted by molar-refractivity contribution is 0.156. The van der Waals surface area contributed by atoms with Crippen LogP contribution in [0.1, 0.15) is 36.6 Å². The fourth-order valence-corrected chi connectivity index (χ4v) is 3.51. The third-order valence-electron chi connectivity index (χ3n) is 5.33. The van der Waals surface area contributed by atoms with E-state index in [9.17, 15) is 0 Å². The minimum Gasteiger partial charge on any atom is -0.378 e. The third-order valence-corrected chi connectivity index (χ3v) is 5.33. The van der Waals surface area contributed by atoms with Gasteiger partial charge in [-0.05, 0) is 37.0 Å². The van der Waals surface area contributed by atoms with Gasteiger partial charge in [-0.25, -0.2) is 4.98 Å². The minimum absolute atomic E-state index is 0.0537. The molecule has 3 aromatic rings. The van der Waals surface area contributed by atoms with Gasteiger partial charge >= 0.3 is 0 Å². The molecule has 2 atom stereocenters. The number of nitrogen functional groups attached to an aromatic ring is 1. The van der Waals surface area contributed by atoms with Crippen molar-refractivity contribution in [2.24, 2.45) is 0 Å². The quantitative estimate of drug-likeness (QED) is 0.490. The number of rotatable bonds is 9. The summed E-state index contributed by atoms with van der Waals surface area (Å²) in [4.78, 5) is 4.75. The van der Waals surface area contributed by atoms with Gasteiger partial charge in [0.25, 0.3) is 0 Å². The van der Waals surface area contributed by atoms with Gasteiger partial charge in [-0.15, -0.1) is 0 Å². The van der Waals surface area contributed by atoms with Crippen molar-refractivity contribution in [1.82, 2.24) is 9.55 Å². The number of methoxy groups -OCH3 is 1. The highest BCUT2D eigenvalue weighted by atomic mass is 16.5. The molecule has 0 aliphatic rings. The van der Waals surface area contributed by atoms with Crippen molar-refractivity contribution in [2.75, 3.05) is 12.8 Å². The lowest BCUT2D eigenvalue weighted by atomic mass is 9.88. The molecule has 0 saturated carbocycles. The summed E-state index contributed by atoms with van der Waals surface area (Å²) in [5.74, 6) is 0.647. The van der Waals surface area contributed by atoms with E-state index in [-0.39, 0.29) is 12.0 Å². The molecular formula is C26H31N3O. The zero-order valence-electron chi connectivity index (χ0n) is 18.0. The number of ether oxygens (including phenoxy) is 1. The Labute approximate surface area is 179 Å². The number of hydrogen-bond donors (Lipinski definition) is 1. The van der Waals surface area contributed by atoms with Crippen LogP contribution in [0.5, 0.6) is 0 Å². The molecule has 0 radical (unpaired) electrons. The first-order valence-electron chi connectivity index (χ1n) is 10.4. The highest BCUT2D eigenvalue weighted by Gasteiger charge is 2.20. The van der Waals surface area contributed by atoms with Crippen LogP contribution in [-0.4, -0.2) is 22.8 Å². The summed E-state index contributed by atoms with van der Waals surface area (Å²) in [6.07, 6.45) is 9.38. The van der Waals surface area contributed by atoms with Crippen molar-refractivity contribution in [3.05, 3.63) is 107 Å². The summed E-state index contributed by atoms with van der Waals surface area (Å²) in [5.41, 5.74) is 11.0. The minimum atomic E-state index is 0.0537. The molecule has 30 heavy (non-hydrogen) atoms. The summed E-state index contributed by atoms with van der Waals surface area (Å²) < 4.78 is 7.41. The number of hydrogen-bond acceptors (Lipinski definition) is 3. The van der Waals surface area contributed by atoms with Gasteiger partial charge < -0.3 is 15.0 Å². The van der Waals surface area contributed by atoms with E-state index in [1.807, 2.05) is 35.8 Å². The van der Waals surface area contributed by atoms with Crippen LogP contribution in [0.3, 0.4) is 0 Å². The van der Waals surface area contributed by atoms with Crippen LogP contribution in [-0.2, 0) is 17.7 Å². The monoisotopic (exact) mass is 401 g/mol. The van der Waals surface area contributed by atoms with Crippen LogP contribution in [0, 0.1) is 0 Å². The molecule has 1 aromatic heterocycles. The van der Waals surface area contributed by atoms with Crippen molar-refractivity contribution < 1.29 is 4.74 Å². The fourth-order valence-electron chi connectivity index (χ4n) is 3.51. The van der Waals surface area contributed by atoms with Crippen LogP contribution >= 0.6 is 0 Å². The highest BCUT2D eigenvalue weighted by molar-refractivity contribution is 5.37. The number of nitrogens with zero attached hydrogens (tertiary/aromatic N) is 2. The molecule has 4 nitrogen and oxygen atoms in total. The number of allylic oxidation sites excluding steroid dienone is 3. The van der Waals surface area contributed by atoms with E-state index in [0.717, 1.165) is 12.1 Å². The van der Waals surface area contributed by atoms with Gasteiger partial charge in [-0.1, -0.05) is 78.9 Å². The molecule has 0 aliphatic carbocycles. The van der Waals surface area contributed by atoms with Gasteiger partial charge in [-0.3, -0.25) is 0 Å². The molecule has 0 saturated heterocycles. The number of aromatic nitrogens is 2. The lowest BCUT2D eigenvalue weighted by Crippen LogP contribution is -2.07. The number of nitrogens with two attached hydrogens (primary N) is 1. The van der Waals surface area contributed by atoms with Crippen LogP contribution in [0.15, 0.2) is 90.7 Å². The maximum Gasteiger partial charge on any atom is 0.200 e. The first kappa shape index (κ1) is 21.6. The molecular weight excluding hydrogens is 370 g/mol. The van der Waals surface area contributed by atoms with E-state index >= 15 is 0 Å². The average molecular weight is 402 g/mol. The van der Waals surface area contributed by atoms with Crippen LogP contribution in [0.4, 0.5) is 5.95 Å². The van der Waals surface area contributed by atoms with Crippen molar-refractivity contribution in [2.45, 2.75) is 38.8 Å². The zero-order valence-corrected chi connectivity index (χ0v) is 18.0. The fraction of sp³-hybridized carbons (Fsp3) is 0.269. The summed E-state index contributed by atoms with van der Waals surface area (Å²) in [5, 5.41) is 0. The van der Waals surface area contributed by atoms with Crippen LogP contribution in [0.25, 0.3) is 0 Å². The molecule has 2 N–H and O–H groups in total. The number of benzene rings is 2. The molecule has 1 heterocycles. The lowest BCUT2D eigenvalue weighted by Gasteiger charge is -2.17. The predicted molar refractivity (Wildman–Crippen MR) is 124 cm³/mol. The van der Waals surface area contributed by atoms with Crippen molar-refractivity contribution >= 4 is 5.95 Å². The van der Waals surface area contributed by atoms with Crippen molar-refractivity contribution in [3.8, 4) is 0 Å². The Balaban J connectivity index is 1.93. The Morgan fingerprint density at radius 1 is 1.07 bits per heavy atom. The van der Waals surface area contributed by atoms with Crippen LogP contribution < -0.4 is 5.73 Å². The van der Waals surface area contributed by atoms with Gasteiger partial charge in [-0.2, -0.15) is 0 Å². The zero-order chi connectivity index (χ0) is 21.3. The topological polar surface area (TPSA) is 53.1 Å². The summed E-state index contributed by atoms with van der Waals surface area (Å²) in [7, 11) is 1.72. The van der Waals surface area contributed by atoms with Crippen LogP contribution in [0.2, 0.25) is 0 Å². The first-order valence-corrected chi connectivity index (χ1v) is 10.4. The van der Waals surface area contributed by atoms with E-state index in [1.54, 1.807) is 7.11 Å². The second kappa shape index (κ2) is 10.6. The summed E-state index contributed by atoms with van der Waals surface area (Å²) >= 11 is 0. The molecule has 3 rings (SSSR count). The van der Waals surface area contributed by atoms with E-state index in [4.69, 9.17) is 15.5 Å². The van der Waals surface area contributed by atoms with Gasteiger partial charge in [0.2, 0.25) is 5.95 Å². The normalized spacial score (nSPS) is 14.2. The van der Waals surface area contributed by atoms with E-state index in [1.165, 1.54) is 16.7 Å². The Hall–Kier alpha value is -3.11. The van der Waals surface area contributed by atoms with Crippen molar-refractivity contribution in [1.29, 1.82) is 0 Å². The molecule has 0 spiro atoms. The molecule has 2 aromatic carbocycles. The third kappa shape index (κ3) is 5.71. The highest BCUT2D eigenvalue weighted by Crippen LogP contribution is 2.30. The molecule has 0 fully saturated rings. The Morgan fingerprint density at radius 2 is 1.70 bits per heavy atom. The molecule has 156 valence electrons. The maximum absolute atomic E-state index is 6.30. The first-order chi connectivity index (χ1) is 14.6. The molecule has 4 heteroatoms. The van der Waals surface area contributed by atoms with Gasteiger partial charge in [0.1, 0.15) is 0 Å². The molecule has 2 unspecified atom stereocenters. The molecule has 0 aliphatic heterocycles. The van der Waals surface area contributed by atoms with E-state index in [0.29, 0.717) is 12.5 Å². The SMILES string of the molecule is C/C=C(\C=C/C(C)OC)C(Cc1ccccc1)c1cn(Cc2ccccc2)c(N)n1. The smallest absolute Gasteiger partial charge is 0.200 e. The van der Waals surface area contributed by atoms with Gasteiger partial charge in [0.15, 0.2) is 0 Å².